The van der Waals surface area contributed by atoms with E-state index in [9.17, 15) is 22.8 Å². The van der Waals surface area contributed by atoms with Crippen molar-refractivity contribution < 1.29 is 22.8 Å². The molecule has 0 radical (unpaired) electrons. The molecule has 2 rings (SSSR count). The van der Waals surface area contributed by atoms with Crippen molar-refractivity contribution in [3.05, 3.63) is 59.9 Å². The van der Waals surface area contributed by atoms with Crippen LogP contribution in [0.15, 0.2) is 48.8 Å². The second-order valence-corrected chi connectivity index (χ2v) is 4.55. The molecule has 0 bridgehead atoms. The van der Waals surface area contributed by atoms with Crippen molar-refractivity contribution in [1.82, 2.24) is 10.3 Å². The Bertz CT molecular complexity index is 685. The predicted octanol–water partition coefficient (Wildman–Crippen LogP) is 2.47. The van der Waals surface area contributed by atoms with Gasteiger partial charge in [0.2, 0.25) is 5.91 Å². The lowest BCUT2D eigenvalue weighted by atomic mass is 10.1. The summed E-state index contributed by atoms with van der Waals surface area (Å²) >= 11 is 0. The van der Waals surface area contributed by atoms with E-state index in [1.807, 2.05) is 0 Å². The lowest BCUT2D eigenvalue weighted by Crippen LogP contribution is -2.32. The first kappa shape index (κ1) is 16.5. The first-order valence-electron chi connectivity index (χ1n) is 6.51. The molecule has 1 aromatic heterocycles. The number of carbonyl (C=O) groups excluding carboxylic acids is 2. The molecule has 2 aromatic rings. The average Bonchev–Trinajstić information content (AvgIpc) is 2.53. The number of anilines is 1. The van der Waals surface area contributed by atoms with Gasteiger partial charge in [-0.05, 0) is 36.4 Å². The molecule has 0 aliphatic rings. The van der Waals surface area contributed by atoms with Crippen molar-refractivity contribution in [2.45, 2.75) is 6.18 Å². The number of alkyl halides is 3. The second kappa shape index (κ2) is 6.91. The minimum Gasteiger partial charge on any atom is -0.343 e. The zero-order chi connectivity index (χ0) is 16.9. The number of hydrogen-bond donors (Lipinski definition) is 2. The van der Waals surface area contributed by atoms with Crippen molar-refractivity contribution in [2.24, 2.45) is 0 Å². The predicted molar refractivity (Wildman–Crippen MR) is 76.6 cm³/mol. The normalized spacial score (nSPS) is 10.9. The lowest BCUT2D eigenvalue weighted by Gasteiger charge is -2.08. The Morgan fingerprint density at radius 2 is 1.78 bits per heavy atom. The Labute approximate surface area is 129 Å². The summed E-state index contributed by atoms with van der Waals surface area (Å²) in [5, 5.41) is 4.84. The minimum atomic E-state index is -4.46. The smallest absolute Gasteiger partial charge is 0.343 e. The van der Waals surface area contributed by atoms with Crippen LogP contribution < -0.4 is 10.6 Å². The van der Waals surface area contributed by atoms with E-state index in [1.54, 1.807) is 18.3 Å². The van der Waals surface area contributed by atoms with Crippen molar-refractivity contribution in [3.63, 3.8) is 0 Å². The van der Waals surface area contributed by atoms with E-state index in [-0.39, 0.29) is 12.1 Å². The fourth-order valence-electron chi connectivity index (χ4n) is 1.72. The van der Waals surface area contributed by atoms with Crippen molar-refractivity contribution in [3.8, 4) is 0 Å². The van der Waals surface area contributed by atoms with E-state index in [0.29, 0.717) is 5.69 Å². The Hall–Kier alpha value is -2.90. The number of benzene rings is 1. The number of nitrogens with one attached hydrogen (secondary N) is 2. The molecule has 0 saturated heterocycles. The molecule has 0 aliphatic carbocycles. The summed E-state index contributed by atoms with van der Waals surface area (Å²) in [7, 11) is 0. The summed E-state index contributed by atoms with van der Waals surface area (Å²) < 4.78 is 37.3. The SMILES string of the molecule is O=C(CNC(=O)c1ccc(C(F)(F)F)cc1)Nc1cccnc1. The zero-order valence-corrected chi connectivity index (χ0v) is 11.7. The van der Waals surface area contributed by atoms with Gasteiger partial charge in [-0.1, -0.05) is 0 Å². The highest BCUT2D eigenvalue weighted by atomic mass is 19.4. The van der Waals surface area contributed by atoms with Gasteiger partial charge in [0, 0.05) is 11.8 Å². The van der Waals surface area contributed by atoms with E-state index in [2.05, 4.69) is 15.6 Å². The molecular weight excluding hydrogens is 311 g/mol. The molecule has 23 heavy (non-hydrogen) atoms. The number of halogens is 3. The van der Waals surface area contributed by atoms with E-state index < -0.39 is 23.6 Å². The third-order valence-corrected chi connectivity index (χ3v) is 2.83. The van der Waals surface area contributed by atoms with Gasteiger partial charge in [0.15, 0.2) is 0 Å². The first-order valence-corrected chi connectivity index (χ1v) is 6.51. The summed E-state index contributed by atoms with van der Waals surface area (Å²) in [6.45, 7) is -0.311. The molecule has 0 unspecified atom stereocenters. The van der Waals surface area contributed by atoms with Crippen molar-refractivity contribution in [2.75, 3.05) is 11.9 Å². The number of pyridine rings is 1. The number of hydrogen-bond acceptors (Lipinski definition) is 3. The van der Waals surface area contributed by atoms with E-state index in [4.69, 9.17) is 0 Å². The van der Waals surface area contributed by atoms with Crippen molar-refractivity contribution in [1.29, 1.82) is 0 Å². The van der Waals surface area contributed by atoms with Gasteiger partial charge in [0.1, 0.15) is 0 Å². The van der Waals surface area contributed by atoms with Gasteiger partial charge in [-0.2, -0.15) is 13.2 Å². The molecule has 1 aromatic carbocycles. The maximum atomic E-state index is 12.4. The summed E-state index contributed by atoms with van der Waals surface area (Å²) in [6.07, 6.45) is -1.48. The third kappa shape index (κ3) is 4.80. The maximum Gasteiger partial charge on any atom is 0.416 e. The average molecular weight is 323 g/mol. The van der Waals surface area contributed by atoms with Crippen LogP contribution in [0.5, 0.6) is 0 Å². The Morgan fingerprint density at radius 3 is 2.35 bits per heavy atom. The van der Waals surface area contributed by atoms with Gasteiger partial charge in [-0.15, -0.1) is 0 Å². The molecule has 0 aliphatic heterocycles. The molecule has 5 nitrogen and oxygen atoms in total. The molecule has 0 fully saturated rings. The maximum absolute atomic E-state index is 12.4. The quantitative estimate of drug-likeness (QED) is 0.908. The molecule has 0 atom stereocenters. The number of carbonyl (C=O) groups is 2. The fourth-order valence-corrected chi connectivity index (χ4v) is 1.72. The standard InChI is InChI=1S/C15H12F3N3O2/c16-15(17,18)11-5-3-10(4-6-11)14(23)20-9-13(22)21-12-2-1-7-19-8-12/h1-8H,9H2,(H,20,23)(H,21,22). The van der Waals surface area contributed by atoms with Crippen LogP contribution in [-0.2, 0) is 11.0 Å². The van der Waals surface area contributed by atoms with Gasteiger partial charge in [-0.3, -0.25) is 14.6 Å². The van der Waals surface area contributed by atoms with Crippen LogP contribution in [0.25, 0.3) is 0 Å². The molecule has 0 spiro atoms. The van der Waals surface area contributed by atoms with Crippen LogP contribution in [0.2, 0.25) is 0 Å². The first-order chi connectivity index (χ1) is 10.9. The monoisotopic (exact) mass is 323 g/mol. The molecule has 8 heteroatoms. The third-order valence-electron chi connectivity index (χ3n) is 2.83. The zero-order valence-electron chi connectivity index (χ0n) is 11.7. The van der Waals surface area contributed by atoms with Crippen LogP contribution in [-0.4, -0.2) is 23.3 Å². The minimum absolute atomic E-state index is 0.0344. The van der Waals surface area contributed by atoms with Gasteiger partial charge in [0.05, 0.1) is 24.0 Å². The molecule has 1 heterocycles. The van der Waals surface area contributed by atoms with Crippen LogP contribution in [0.4, 0.5) is 18.9 Å². The van der Waals surface area contributed by atoms with E-state index >= 15 is 0 Å². The summed E-state index contributed by atoms with van der Waals surface area (Å²) in [5.74, 6) is -1.11. The number of rotatable bonds is 4. The second-order valence-electron chi connectivity index (χ2n) is 4.55. The molecule has 2 amide bonds. The van der Waals surface area contributed by atoms with Gasteiger partial charge in [0.25, 0.3) is 5.91 Å². The topological polar surface area (TPSA) is 71.1 Å². The number of amides is 2. The largest absolute Gasteiger partial charge is 0.416 e. The summed E-state index contributed by atoms with van der Waals surface area (Å²) in [6, 6.07) is 6.99. The highest BCUT2D eigenvalue weighted by Gasteiger charge is 2.30. The summed E-state index contributed by atoms with van der Waals surface area (Å²) in [4.78, 5) is 27.2. The highest BCUT2D eigenvalue weighted by Crippen LogP contribution is 2.29. The Balaban J connectivity index is 1.88. The van der Waals surface area contributed by atoms with Gasteiger partial charge in [-0.25, -0.2) is 0 Å². The summed E-state index contributed by atoms with van der Waals surface area (Å²) in [5.41, 5.74) is -0.336. The molecular formula is C15H12F3N3O2. The number of nitrogens with zero attached hydrogens (tertiary/aromatic N) is 1. The molecule has 2 N–H and O–H groups in total. The van der Waals surface area contributed by atoms with Crippen LogP contribution in [0.1, 0.15) is 15.9 Å². The van der Waals surface area contributed by atoms with E-state index in [1.165, 1.54) is 6.20 Å². The van der Waals surface area contributed by atoms with E-state index in [0.717, 1.165) is 24.3 Å². The van der Waals surface area contributed by atoms with Crippen LogP contribution in [0.3, 0.4) is 0 Å². The molecule has 120 valence electrons. The van der Waals surface area contributed by atoms with Crippen LogP contribution >= 0.6 is 0 Å². The number of aromatic nitrogens is 1. The van der Waals surface area contributed by atoms with Crippen LogP contribution in [0, 0.1) is 0 Å². The Morgan fingerprint density at radius 1 is 1.09 bits per heavy atom. The Kier molecular flexibility index (Phi) is 4.95. The van der Waals surface area contributed by atoms with Gasteiger partial charge < -0.3 is 10.6 Å². The van der Waals surface area contributed by atoms with Crippen molar-refractivity contribution >= 4 is 17.5 Å². The lowest BCUT2D eigenvalue weighted by molar-refractivity contribution is -0.137. The fraction of sp³-hybridized carbons (Fsp3) is 0.133. The highest BCUT2D eigenvalue weighted by molar-refractivity contribution is 5.99. The van der Waals surface area contributed by atoms with Gasteiger partial charge >= 0.3 is 6.18 Å². The molecule has 0 saturated carbocycles.